The third-order valence-corrected chi connectivity index (χ3v) is 5.18. The number of carbonyl (C=O) groups is 1. The highest BCUT2D eigenvalue weighted by atomic mass is 16.2. The number of carbonyl (C=O) groups excluding carboxylic acids is 1. The summed E-state index contributed by atoms with van der Waals surface area (Å²) < 4.78 is 0. The van der Waals surface area contributed by atoms with Crippen LogP contribution in [0.3, 0.4) is 0 Å². The van der Waals surface area contributed by atoms with Gasteiger partial charge in [0.1, 0.15) is 0 Å². The lowest BCUT2D eigenvalue weighted by Gasteiger charge is -2.35. The van der Waals surface area contributed by atoms with Crippen LogP contribution in [0.1, 0.15) is 58.8 Å². The average molecular weight is 252 g/mol. The molecule has 1 heterocycles. The summed E-state index contributed by atoms with van der Waals surface area (Å²) in [6.07, 6.45) is 8.58. The summed E-state index contributed by atoms with van der Waals surface area (Å²) in [6.45, 7) is 7.14. The molecule has 104 valence electrons. The lowest BCUT2D eigenvalue weighted by Crippen LogP contribution is -2.50. The normalized spacial score (nSPS) is 31.2. The van der Waals surface area contributed by atoms with Crippen LogP contribution in [-0.4, -0.2) is 25.5 Å². The minimum absolute atomic E-state index is 0.189. The van der Waals surface area contributed by atoms with Crippen molar-refractivity contribution in [2.75, 3.05) is 19.6 Å². The zero-order chi connectivity index (χ0) is 13.1. The molecule has 0 radical (unpaired) electrons. The van der Waals surface area contributed by atoms with Crippen molar-refractivity contribution in [3.8, 4) is 0 Å². The second-order valence-corrected chi connectivity index (χ2v) is 6.58. The third kappa shape index (κ3) is 2.87. The number of hydrogen-bond acceptors (Lipinski definition) is 2. The fourth-order valence-corrected chi connectivity index (χ4v) is 3.51. The molecule has 1 saturated heterocycles. The highest BCUT2D eigenvalue weighted by Crippen LogP contribution is 2.40. The van der Waals surface area contributed by atoms with Crippen LogP contribution >= 0.6 is 0 Å². The maximum Gasteiger partial charge on any atom is 0.227 e. The Morgan fingerprint density at radius 3 is 2.50 bits per heavy atom. The average Bonchev–Trinajstić information content (AvgIpc) is 2.86. The van der Waals surface area contributed by atoms with Crippen LogP contribution in [0.5, 0.6) is 0 Å². The van der Waals surface area contributed by atoms with Gasteiger partial charge >= 0.3 is 0 Å². The Morgan fingerprint density at radius 1 is 1.22 bits per heavy atom. The summed E-state index contributed by atoms with van der Waals surface area (Å²) in [7, 11) is 0. The van der Waals surface area contributed by atoms with E-state index in [0.29, 0.717) is 5.41 Å². The number of hydrogen-bond donors (Lipinski definition) is 2. The molecule has 2 aliphatic rings. The van der Waals surface area contributed by atoms with Crippen molar-refractivity contribution in [3.05, 3.63) is 0 Å². The Hall–Kier alpha value is -0.570. The highest BCUT2D eigenvalue weighted by molar-refractivity contribution is 5.82. The van der Waals surface area contributed by atoms with Gasteiger partial charge in [-0.15, -0.1) is 0 Å². The fraction of sp³-hybridized carbons (Fsp3) is 0.933. The quantitative estimate of drug-likeness (QED) is 0.807. The van der Waals surface area contributed by atoms with Crippen LogP contribution in [0.25, 0.3) is 0 Å². The maximum absolute atomic E-state index is 12.4. The Bertz CT molecular complexity index is 289. The van der Waals surface area contributed by atoms with Gasteiger partial charge in [0.15, 0.2) is 0 Å². The zero-order valence-corrected chi connectivity index (χ0v) is 12.0. The van der Waals surface area contributed by atoms with Gasteiger partial charge in [-0.25, -0.2) is 0 Å². The van der Waals surface area contributed by atoms with Crippen LogP contribution in [0, 0.1) is 10.8 Å². The van der Waals surface area contributed by atoms with Crippen LogP contribution < -0.4 is 10.6 Å². The summed E-state index contributed by atoms with van der Waals surface area (Å²) >= 11 is 0. The molecule has 1 unspecified atom stereocenters. The smallest absolute Gasteiger partial charge is 0.227 e. The SMILES string of the molecule is CCC1(CNC(=O)C2(C)CCCNC2)CCCC1. The fourth-order valence-electron chi connectivity index (χ4n) is 3.51. The number of rotatable bonds is 4. The minimum Gasteiger partial charge on any atom is -0.355 e. The van der Waals surface area contributed by atoms with Gasteiger partial charge in [-0.3, -0.25) is 4.79 Å². The number of nitrogens with one attached hydrogen (secondary N) is 2. The van der Waals surface area contributed by atoms with E-state index < -0.39 is 0 Å². The molecule has 1 aliphatic carbocycles. The predicted molar refractivity (Wildman–Crippen MR) is 74.4 cm³/mol. The van der Waals surface area contributed by atoms with Crippen molar-refractivity contribution in [3.63, 3.8) is 0 Å². The molecule has 0 bridgehead atoms. The van der Waals surface area contributed by atoms with Crippen molar-refractivity contribution in [1.82, 2.24) is 10.6 Å². The first-order chi connectivity index (χ1) is 8.60. The molecular formula is C15H28N2O. The second kappa shape index (κ2) is 5.60. The Balaban J connectivity index is 1.87. The van der Waals surface area contributed by atoms with Crippen molar-refractivity contribution < 1.29 is 4.79 Å². The first-order valence-electron chi connectivity index (χ1n) is 7.59. The molecule has 1 saturated carbocycles. The molecule has 18 heavy (non-hydrogen) atoms. The molecule has 1 atom stereocenters. The Morgan fingerprint density at radius 2 is 1.94 bits per heavy atom. The molecule has 3 nitrogen and oxygen atoms in total. The monoisotopic (exact) mass is 252 g/mol. The molecule has 2 N–H and O–H groups in total. The van der Waals surface area contributed by atoms with Crippen molar-refractivity contribution in [1.29, 1.82) is 0 Å². The van der Waals surface area contributed by atoms with Gasteiger partial charge in [0, 0.05) is 13.1 Å². The largest absolute Gasteiger partial charge is 0.355 e. The second-order valence-electron chi connectivity index (χ2n) is 6.58. The molecule has 1 amide bonds. The maximum atomic E-state index is 12.4. The molecule has 0 aromatic heterocycles. The van der Waals surface area contributed by atoms with E-state index in [9.17, 15) is 4.79 Å². The standard InChI is InChI=1S/C15H28N2O/c1-3-15(8-4-5-9-15)12-17-13(18)14(2)7-6-10-16-11-14/h16H,3-12H2,1-2H3,(H,17,18). The number of piperidine rings is 1. The van der Waals surface area contributed by atoms with E-state index in [1.807, 2.05) is 0 Å². The summed E-state index contributed by atoms with van der Waals surface area (Å²) in [4.78, 5) is 12.4. The van der Waals surface area contributed by atoms with E-state index in [2.05, 4.69) is 24.5 Å². The van der Waals surface area contributed by atoms with Gasteiger partial charge in [0.05, 0.1) is 5.41 Å². The van der Waals surface area contributed by atoms with E-state index in [-0.39, 0.29) is 11.3 Å². The van der Waals surface area contributed by atoms with Gasteiger partial charge < -0.3 is 10.6 Å². The van der Waals surface area contributed by atoms with Crippen LogP contribution in [0.4, 0.5) is 0 Å². The van der Waals surface area contributed by atoms with Crippen LogP contribution in [-0.2, 0) is 4.79 Å². The van der Waals surface area contributed by atoms with Crippen molar-refractivity contribution in [2.45, 2.75) is 58.8 Å². The van der Waals surface area contributed by atoms with Gasteiger partial charge in [-0.1, -0.05) is 19.8 Å². The lowest BCUT2D eigenvalue weighted by molar-refractivity contribution is -0.131. The highest BCUT2D eigenvalue weighted by Gasteiger charge is 2.37. The Kier molecular flexibility index (Phi) is 4.31. The van der Waals surface area contributed by atoms with E-state index in [0.717, 1.165) is 32.5 Å². The summed E-state index contributed by atoms with van der Waals surface area (Å²) in [5.74, 6) is 0.259. The lowest BCUT2D eigenvalue weighted by atomic mass is 9.80. The molecular weight excluding hydrogens is 224 g/mol. The van der Waals surface area contributed by atoms with Gasteiger partial charge in [0.25, 0.3) is 0 Å². The molecule has 2 rings (SSSR count). The number of amides is 1. The molecule has 2 fully saturated rings. The minimum atomic E-state index is -0.189. The van der Waals surface area contributed by atoms with Gasteiger partial charge in [0.2, 0.25) is 5.91 Å². The molecule has 0 aromatic rings. The van der Waals surface area contributed by atoms with Crippen molar-refractivity contribution in [2.24, 2.45) is 10.8 Å². The van der Waals surface area contributed by atoms with E-state index in [1.54, 1.807) is 0 Å². The first kappa shape index (κ1) is 13.9. The van der Waals surface area contributed by atoms with Gasteiger partial charge in [-0.2, -0.15) is 0 Å². The predicted octanol–water partition coefficient (Wildman–Crippen LogP) is 2.46. The summed E-state index contributed by atoms with van der Waals surface area (Å²) in [6, 6.07) is 0. The first-order valence-corrected chi connectivity index (χ1v) is 7.59. The zero-order valence-electron chi connectivity index (χ0n) is 12.0. The Labute approximate surface area is 111 Å². The van der Waals surface area contributed by atoms with Gasteiger partial charge in [-0.05, 0) is 51.0 Å². The molecule has 3 heteroatoms. The topological polar surface area (TPSA) is 41.1 Å². The summed E-state index contributed by atoms with van der Waals surface area (Å²) in [5.41, 5.74) is 0.208. The molecule has 1 aliphatic heterocycles. The summed E-state index contributed by atoms with van der Waals surface area (Å²) in [5, 5.41) is 6.59. The molecule has 0 spiro atoms. The van der Waals surface area contributed by atoms with E-state index >= 15 is 0 Å². The van der Waals surface area contributed by atoms with Crippen LogP contribution in [0.15, 0.2) is 0 Å². The molecule has 0 aromatic carbocycles. The van der Waals surface area contributed by atoms with E-state index in [4.69, 9.17) is 0 Å². The van der Waals surface area contributed by atoms with E-state index in [1.165, 1.54) is 32.1 Å². The van der Waals surface area contributed by atoms with Crippen LogP contribution in [0.2, 0.25) is 0 Å². The third-order valence-electron chi connectivity index (χ3n) is 5.18. The van der Waals surface area contributed by atoms with Crippen molar-refractivity contribution >= 4 is 5.91 Å².